The van der Waals surface area contributed by atoms with Gasteiger partial charge in [-0.05, 0) is 86.6 Å². The molecule has 0 aliphatic carbocycles. The van der Waals surface area contributed by atoms with E-state index in [4.69, 9.17) is 44.7 Å². The van der Waals surface area contributed by atoms with Gasteiger partial charge in [0.15, 0.2) is 0 Å². The number of benzene rings is 6. The molecule has 0 saturated carbocycles. The van der Waals surface area contributed by atoms with Crippen molar-refractivity contribution in [1.82, 2.24) is 13.7 Å². The third kappa shape index (κ3) is 24.0. The molecule has 5 saturated heterocycles. The van der Waals surface area contributed by atoms with Crippen molar-refractivity contribution in [2.75, 3.05) is 46.2 Å². The number of hydrogen-bond acceptors (Lipinski definition) is 30. The summed E-state index contributed by atoms with van der Waals surface area (Å²) in [4.78, 5) is 36.3. The second kappa shape index (κ2) is 47.9. The first-order chi connectivity index (χ1) is 59.3. The van der Waals surface area contributed by atoms with Crippen molar-refractivity contribution < 1.29 is 155 Å². The fourth-order valence-corrected chi connectivity index (χ4v) is 15.3. The van der Waals surface area contributed by atoms with Crippen molar-refractivity contribution in [1.29, 1.82) is 0 Å². The van der Waals surface area contributed by atoms with Crippen LogP contribution < -0.4 is 0 Å². The number of fused-ring (bicyclic) bond motifs is 9. The third-order valence-corrected chi connectivity index (χ3v) is 22.0. The number of carboxylic acid groups (broad SMARTS) is 1. The Labute approximate surface area is 778 Å². The Morgan fingerprint density at radius 1 is 0.357 bits per heavy atom. The summed E-state index contributed by atoms with van der Waals surface area (Å²) >= 11 is 11.2. The van der Waals surface area contributed by atoms with Gasteiger partial charge in [0.25, 0.3) is 0 Å². The van der Waals surface area contributed by atoms with Crippen LogP contribution in [0.3, 0.4) is 0 Å². The Morgan fingerprint density at radius 2 is 0.571 bits per heavy atom. The van der Waals surface area contributed by atoms with Crippen molar-refractivity contribution in [2.24, 2.45) is 0 Å². The summed E-state index contributed by atoms with van der Waals surface area (Å²) in [6.07, 6.45) is -26.9. The van der Waals surface area contributed by atoms with Crippen molar-refractivity contribution in [3.8, 4) is 53.3 Å². The number of aliphatic hydroxyl groups excluding tert-OH is 20. The number of aliphatic carboxylic acids is 1. The van der Waals surface area contributed by atoms with Crippen LogP contribution in [-0.2, 0) is 67.2 Å². The number of carbonyl (C=O) groups excluding carboxylic acids is 2. The first-order valence-electron chi connectivity index (χ1n) is 38.5. The topological polar surface area (TPSA) is 555 Å². The van der Waals surface area contributed by atoms with Gasteiger partial charge in [0.2, 0.25) is 0 Å². The zero-order valence-electron chi connectivity index (χ0n) is 66.1. The number of carboxylic acids is 1. The molecule has 6 aromatic carbocycles. The second-order valence-electron chi connectivity index (χ2n) is 29.0. The molecule has 0 radical (unpaired) electrons. The van der Waals surface area contributed by atoms with Gasteiger partial charge >= 0.3 is 92.5 Å². The molecule has 34 nitrogen and oxygen atoms in total. The van der Waals surface area contributed by atoms with Crippen molar-refractivity contribution in [2.45, 2.75) is 194 Å². The van der Waals surface area contributed by atoms with Crippen molar-refractivity contribution in [3.05, 3.63) is 147 Å². The van der Waals surface area contributed by atoms with Crippen LogP contribution in [-0.4, -0.2) is 338 Å². The van der Waals surface area contributed by atoms with E-state index in [0.717, 1.165) is 52.3 Å². The molecule has 0 spiro atoms. The molecule has 3 aromatic heterocycles. The quantitative estimate of drug-likeness (QED) is 0.0320. The van der Waals surface area contributed by atoms with Crippen molar-refractivity contribution >= 4 is 176 Å². The Balaban J connectivity index is 0.000000224. The molecule has 5 aliphatic rings. The molecule has 14 rings (SSSR count). The zero-order valence-corrected chi connectivity index (χ0v) is 76.0. The maximum atomic E-state index is 12.6. The number of rotatable bonds is 13. The van der Waals surface area contributed by atoms with E-state index in [0.29, 0.717) is 50.9 Å². The number of halogens is 5. The van der Waals surface area contributed by atoms with Gasteiger partial charge in [-0.1, -0.05) is 123 Å². The summed E-state index contributed by atoms with van der Waals surface area (Å²) in [7, 11) is 0. The van der Waals surface area contributed by atoms with Crippen molar-refractivity contribution in [3.63, 3.8) is 0 Å². The van der Waals surface area contributed by atoms with Crippen LogP contribution in [0.4, 0.5) is 0 Å². The molecule has 0 unspecified atom stereocenters. The molecule has 5 fully saturated rings. The van der Waals surface area contributed by atoms with Crippen LogP contribution in [0.1, 0.15) is 43.5 Å². The summed E-state index contributed by atoms with van der Waals surface area (Å²) in [5.74, 6) is 22.5. The van der Waals surface area contributed by atoms with E-state index < -0.39 is 204 Å². The fourth-order valence-electron chi connectivity index (χ4n) is 14.6. The average Bonchev–Trinajstić information content (AvgIpc) is 1.61. The summed E-state index contributed by atoms with van der Waals surface area (Å²) < 4.78 is 44.2. The predicted molar refractivity (Wildman–Crippen MR) is 488 cm³/mol. The molecule has 0 bridgehead atoms. The Kier molecular flexibility index (Phi) is 39.8. The normalized spacial score (nSPS) is 29.0. The van der Waals surface area contributed by atoms with Gasteiger partial charge < -0.3 is 129 Å². The fraction of sp³-hybridized carbons (Fsp3) is 0.437. The molecule has 9 aromatic rings. The van der Waals surface area contributed by atoms with E-state index in [9.17, 15) is 117 Å². The number of ether oxygens (including phenoxy) is 7. The van der Waals surface area contributed by atoms with Gasteiger partial charge in [-0.2, -0.15) is 0 Å². The third-order valence-electron chi connectivity index (χ3n) is 21.0. The molecule has 126 heavy (non-hydrogen) atoms. The Morgan fingerprint density at radius 3 is 0.794 bits per heavy atom. The summed E-state index contributed by atoms with van der Waals surface area (Å²) in [6, 6.07) is 33.0. The van der Waals surface area contributed by atoms with Crippen LogP contribution >= 0.6 is 93.1 Å². The molecule has 5 aliphatic heterocycles. The van der Waals surface area contributed by atoms with Gasteiger partial charge in [0.1, 0.15) is 142 Å². The minimum atomic E-state index is -1.57. The number of nitrogens with zero attached hydrogens (tertiary/aromatic N) is 3. The average molecular weight is 2220 g/mol. The van der Waals surface area contributed by atoms with Gasteiger partial charge in [-0.15, -0.1) is 24.0 Å². The van der Waals surface area contributed by atoms with E-state index in [2.05, 4.69) is 129 Å². The van der Waals surface area contributed by atoms with Crippen LogP contribution in [0.2, 0.25) is 0 Å². The second-order valence-corrected chi connectivity index (χ2v) is 30.8. The van der Waals surface area contributed by atoms with Crippen LogP contribution in [0, 0.1) is 59.7 Å². The molecule has 39 heteroatoms. The molecular weight excluding hydrogens is 2120 g/mol. The summed E-state index contributed by atoms with van der Waals surface area (Å²) in [6.45, 7) is 0.970. The summed E-state index contributed by atoms with van der Waals surface area (Å²) in [5, 5.41) is 210. The predicted octanol–water partition coefficient (Wildman–Crippen LogP) is 0.339. The first-order valence-corrected chi connectivity index (χ1v) is 46.4. The molecule has 25 atom stereocenters. The van der Waals surface area contributed by atoms with E-state index in [1.165, 1.54) is 0 Å². The Bertz CT molecular complexity index is 5300. The minimum absolute atomic E-state index is 0. The van der Waals surface area contributed by atoms with E-state index in [1.54, 1.807) is 76.7 Å². The van der Waals surface area contributed by atoms with Crippen LogP contribution in [0.25, 0.3) is 65.4 Å². The van der Waals surface area contributed by atoms with Gasteiger partial charge in [-0.3, -0.25) is 14.4 Å². The first kappa shape index (κ1) is 105. The molecule has 8 heterocycles. The number of carbonyl (C=O) groups is 3. The number of aliphatic hydroxyl groups is 20. The molecule has 678 valence electrons. The number of esters is 2. The van der Waals surface area contributed by atoms with Gasteiger partial charge in [0, 0.05) is 101 Å². The molecular formula is C87H95Br2I3N3O31+. The standard InChI is InChI=1S/C32H35NO12.C30H31NO12.C16H13Br2NO2.C8H11O5.CH4.I2.HI/c1-2-43-26(36)13-33-20-11-16(5-9-22-27(37)31(41)29(39)24(14-34)44-22)3-7-18(20)19-8-4-17(12-21(19)33)6-10-23-28(38)32(42)30(40)25(15-35)45-23;32-12-22-27(38)29(40)25(36)20(42-22)7-3-14-1-5-16-17-6-2-15(10-19(17)31(11-24(34)35)18(16)9-14)4-8-21-26(37)30(41)28(39)23(13-33)43-21;1-2-21-16(20)9-19-14-7-10(17)3-5-12(14)13-6-4-11(18)8-15(13)19;1-2-4-6(10)8(12)7(11)5(3-9)13-4;;1-2;/h3-4,7-8,11-12,22-25,27-32,34-35,37-42H,2,13-15H2,1H3;1-2,5-6,9-10,20-23,25-30,32-33,36-41H,11-13H2,(H,34,35);3-8H,2,9H2,1H3;4-12H,3H2;1H4;;1H/q;;;+1;;;/t22-,23-,24-,25-,27-,28-,29-,30-,31-,32-;20-,21-,22-,23-,25-,26-,27-,28-,29-,30-;;4-,5-,6-,7-,8-;;;/m11.1.../s1. The van der Waals surface area contributed by atoms with Crippen LogP contribution in [0.5, 0.6) is 0 Å². The summed E-state index contributed by atoms with van der Waals surface area (Å²) in [5.41, 5.74) is 6.27. The number of aromatic nitrogens is 3. The van der Waals surface area contributed by atoms with E-state index >= 15 is 0 Å². The van der Waals surface area contributed by atoms with E-state index in [1.807, 2.05) is 53.8 Å². The molecule has 0 amide bonds. The van der Waals surface area contributed by atoms with Gasteiger partial charge in [0.05, 0.1) is 72.7 Å². The Hall–Kier alpha value is -6.70. The van der Waals surface area contributed by atoms with E-state index in [-0.39, 0.29) is 57.1 Å². The molecule has 21 N–H and O–H groups in total. The maximum absolute atomic E-state index is 12.6. The van der Waals surface area contributed by atoms with Crippen LogP contribution in [0.15, 0.2) is 118 Å². The SMILES string of the molecule is C.CCOC(=O)Cn1c2cc(Br)ccc2c2ccc(Br)cc21.CCOC(=O)Cn1c2cc(C#C[C@H]3O[C@H](CO)[C@@H](O)[C@H](O)[C@@H]3O)ccc2c2ccc(C#C[C@H]3O[C@H](CO)[C@@H](O)[C@H](O)[C@@H]3O)cc21.I.II.O=C(O)Cn1c2cc(C#C[C@H]3O[C@H](CO)[C@@H](O)[C@H](O)[C@@H]3O)ccc2c2ccc(C#C[C@H]3O[C@H](CO)[C@@H](O)[C@H](O)[C@@H]3O)cc21.[C+]#C[C@H]1O[C@H](CO)[C@@H](O)[C@H](O)[C@@H]1O. The zero-order chi connectivity index (χ0) is 90.4. The van der Waals surface area contributed by atoms with Gasteiger partial charge in [-0.25, -0.2) is 0 Å². The monoisotopic (exact) mass is 2220 g/mol. The number of hydrogen-bond donors (Lipinski definition) is 21.